The molecule has 6 heteroatoms. The molecule has 1 aliphatic rings. The number of azide groups is 1. The van der Waals surface area contributed by atoms with Crippen molar-refractivity contribution in [2.24, 2.45) is 5.11 Å². The van der Waals surface area contributed by atoms with E-state index < -0.39 is 11.7 Å². The Morgan fingerprint density at radius 1 is 1.77 bits per heavy atom. The zero-order valence-electron chi connectivity index (χ0n) is 7.42. The van der Waals surface area contributed by atoms with Crippen LogP contribution >= 0.6 is 0 Å². The van der Waals surface area contributed by atoms with Crippen LogP contribution in [0.1, 0.15) is 13.3 Å². The van der Waals surface area contributed by atoms with E-state index in [1.165, 1.54) is 0 Å². The molecular formula is C7H13N3O3. The van der Waals surface area contributed by atoms with Gasteiger partial charge >= 0.3 is 0 Å². The van der Waals surface area contributed by atoms with Crippen LogP contribution in [0.5, 0.6) is 0 Å². The second kappa shape index (κ2) is 3.93. The Morgan fingerprint density at radius 2 is 2.46 bits per heavy atom. The molecule has 0 aromatic heterocycles. The number of aliphatic hydroxyl groups excluding tert-OH is 1. The molecule has 0 aliphatic carbocycles. The highest BCUT2D eigenvalue weighted by molar-refractivity contribution is 4.91. The average Bonchev–Trinajstić information content (AvgIpc) is 2.03. The lowest BCUT2D eigenvalue weighted by Gasteiger charge is -2.38. The molecule has 13 heavy (non-hydrogen) atoms. The van der Waals surface area contributed by atoms with Crippen molar-refractivity contribution in [3.05, 3.63) is 10.4 Å². The molecule has 1 fully saturated rings. The smallest absolute Gasteiger partial charge is 0.109 e. The molecule has 3 atom stereocenters. The van der Waals surface area contributed by atoms with Gasteiger partial charge in [-0.15, -0.1) is 0 Å². The van der Waals surface area contributed by atoms with Gasteiger partial charge in [0, 0.05) is 4.91 Å². The van der Waals surface area contributed by atoms with Gasteiger partial charge in [0.05, 0.1) is 24.9 Å². The maximum Gasteiger partial charge on any atom is 0.109 e. The Bertz CT molecular complexity index is 225. The topological polar surface area (TPSA) is 98.5 Å². The molecule has 0 bridgehead atoms. The summed E-state index contributed by atoms with van der Waals surface area (Å²) in [5.74, 6) is 0. The van der Waals surface area contributed by atoms with Crippen molar-refractivity contribution < 1.29 is 14.9 Å². The van der Waals surface area contributed by atoms with Crippen LogP contribution in [0, 0.1) is 0 Å². The van der Waals surface area contributed by atoms with Crippen molar-refractivity contribution in [2.75, 3.05) is 13.2 Å². The van der Waals surface area contributed by atoms with Gasteiger partial charge in [0.15, 0.2) is 0 Å². The Labute approximate surface area is 75.8 Å². The van der Waals surface area contributed by atoms with Gasteiger partial charge in [-0.05, 0) is 18.9 Å². The zero-order valence-corrected chi connectivity index (χ0v) is 7.42. The van der Waals surface area contributed by atoms with Gasteiger partial charge in [-0.3, -0.25) is 0 Å². The van der Waals surface area contributed by atoms with Crippen LogP contribution in [0.25, 0.3) is 10.4 Å². The molecule has 1 unspecified atom stereocenters. The molecule has 2 N–H and O–H groups in total. The Morgan fingerprint density at radius 3 is 2.92 bits per heavy atom. The van der Waals surface area contributed by atoms with Crippen molar-refractivity contribution in [1.82, 2.24) is 0 Å². The van der Waals surface area contributed by atoms with Crippen molar-refractivity contribution in [3.63, 3.8) is 0 Å². The normalized spacial score (nSPS) is 39.6. The lowest BCUT2D eigenvalue weighted by molar-refractivity contribution is -0.155. The van der Waals surface area contributed by atoms with Crippen molar-refractivity contribution in [1.29, 1.82) is 0 Å². The molecule has 1 saturated heterocycles. The van der Waals surface area contributed by atoms with Gasteiger partial charge in [0.2, 0.25) is 0 Å². The van der Waals surface area contributed by atoms with E-state index in [1.807, 2.05) is 0 Å². The predicted molar refractivity (Wildman–Crippen MR) is 45.0 cm³/mol. The number of aliphatic hydroxyl groups is 2. The third-order valence-electron chi connectivity index (χ3n) is 2.21. The average molecular weight is 187 g/mol. The van der Waals surface area contributed by atoms with E-state index in [9.17, 15) is 5.11 Å². The summed E-state index contributed by atoms with van der Waals surface area (Å²) in [7, 11) is 0. The number of hydrogen-bond acceptors (Lipinski definition) is 4. The predicted octanol–water partition coefficient (Wildman–Crippen LogP) is 0.198. The summed E-state index contributed by atoms with van der Waals surface area (Å²) in [6.45, 7) is 1.59. The van der Waals surface area contributed by atoms with Crippen molar-refractivity contribution in [3.8, 4) is 0 Å². The van der Waals surface area contributed by atoms with Gasteiger partial charge in [0.1, 0.15) is 6.10 Å². The third kappa shape index (κ3) is 2.32. The minimum Gasteiger partial charge on any atom is -0.394 e. The molecule has 0 aromatic rings. The maximum absolute atomic E-state index is 9.76. The van der Waals surface area contributed by atoms with Crippen LogP contribution in [-0.2, 0) is 4.74 Å². The van der Waals surface area contributed by atoms with Gasteiger partial charge in [-0.25, -0.2) is 0 Å². The Kier molecular flexibility index (Phi) is 3.11. The summed E-state index contributed by atoms with van der Waals surface area (Å²) in [5.41, 5.74) is 7.06. The summed E-state index contributed by atoms with van der Waals surface area (Å²) < 4.78 is 5.14. The van der Waals surface area contributed by atoms with E-state index in [4.69, 9.17) is 15.4 Å². The zero-order chi connectivity index (χ0) is 9.90. The lowest BCUT2D eigenvalue weighted by Crippen LogP contribution is -2.51. The van der Waals surface area contributed by atoms with E-state index in [0.29, 0.717) is 6.42 Å². The molecular weight excluding hydrogens is 174 g/mol. The molecule has 1 aliphatic heterocycles. The summed E-state index contributed by atoms with van der Waals surface area (Å²) in [6.07, 6.45) is -0.264. The summed E-state index contributed by atoms with van der Waals surface area (Å²) in [6, 6.07) is -0.345. The largest absolute Gasteiger partial charge is 0.394 e. The first-order chi connectivity index (χ1) is 6.10. The molecule has 0 saturated carbocycles. The van der Waals surface area contributed by atoms with Gasteiger partial charge < -0.3 is 14.9 Å². The first-order valence-corrected chi connectivity index (χ1v) is 4.09. The Balaban J connectivity index is 2.63. The van der Waals surface area contributed by atoms with E-state index in [0.717, 1.165) is 0 Å². The van der Waals surface area contributed by atoms with Crippen LogP contribution in [0.3, 0.4) is 0 Å². The molecule has 1 heterocycles. The SMILES string of the molecule is C[C@]1(O)C[C@@H](N=[N+]=[N-])COC1CO. The molecule has 0 aromatic carbocycles. The molecule has 0 radical (unpaired) electrons. The Hall–Kier alpha value is -0.810. The summed E-state index contributed by atoms with van der Waals surface area (Å²) in [5, 5.41) is 22.1. The summed E-state index contributed by atoms with van der Waals surface area (Å²) in [4.78, 5) is 2.65. The minimum atomic E-state index is -1.12. The van der Waals surface area contributed by atoms with Crippen LogP contribution in [-0.4, -0.2) is 41.2 Å². The van der Waals surface area contributed by atoms with E-state index in [-0.39, 0.29) is 19.3 Å². The second-order valence-electron chi connectivity index (χ2n) is 3.42. The van der Waals surface area contributed by atoms with E-state index in [2.05, 4.69) is 10.0 Å². The lowest BCUT2D eigenvalue weighted by atomic mass is 9.89. The minimum absolute atomic E-state index is 0.226. The standard InChI is InChI=1S/C7H13N3O3/c1-7(12)2-5(9-10-8)4-13-6(7)3-11/h5-6,11-12H,2-4H2,1H3/t5-,6?,7+/m1/s1. The number of hydrogen-bond donors (Lipinski definition) is 2. The quantitative estimate of drug-likeness (QED) is 0.367. The van der Waals surface area contributed by atoms with Crippen LogP contribution in [0.15, 0.2) is 5.11 Å². The molecule has 74 valence electrons. The van der Waals surface area contributed by atoms with E-state index >= 15 is 0 Å². The van der Waals surface area contributed by atoms with Crippen molar-refractivity contribution >= 4 is 0 Å². The number of rotatable bonds is 2. The highest BCUT2D eigenvalue weighted by atomic mass is 16.5. The fourth-order valence-electron chi connectivity index (χ4n) is 1.47. The highest BCUT2D eigenvalue weighted by Crippen LogP contribution is 2.26. The first-order valence-electron chi connectivity index (χ1n) is 4.09. The molecule has 6 nitrogen and oxygen atoms in total. The van der Waals surface area contributed by atoms with Crippen LogP contribution < -0.4 is 0 Å². The van der Waals surface area contributed by atoms with Gasteiger partial charge in [-0.1, -0.05) is 5.11 Å². The van der Waals surface area contributed by atoms with Crippen LogP contribution in [0.2, 0.25) is 0 Å². The number of nitrogens with zero attached hydrogens (tertiary/aromatic N) is 3. The molecule has 0 spiro atoms. The highest BCUT2D eigenvalue weighted by Gasteiger charge is 2.39. The third-order valence-corrected chi connectivity index (χ3v) is 2.21. The fourth-order valence-corrected chi connectivity index (χ4v) is 1.47. The fraction of sp³-hybridized carbons (Fsp3) is 1.00. The van der Waals surface area contributed by atoms with Gasteiger partial charge in [-0.2, -0.15) is 0 Å². The van der Waals surface area contributed by atoms with Gasteiger partial charge in [0.25, 0.3) is 0 Å². The van der Waals surface area contributed by atoms with Crippen LogP contribution in [0.4, 0.5) is 0 Å². The maximum atomic E-state index is 9.76. The van der Waals surface area contributed by atoms with Crippen molar-refractivity contribution in [2.45, 2.75) is 31.1 Å². The monoisotopic (exact) mass is 187 g/mol. The molecule has 1 rings (SSSR count). The number of ether oxygens (including phenoxy) is 1. The second-order valence-corrected chi connectivity index (χ2v) is 3.42. The van der Waals surface area contributed by atoms with E-state index in [1.54, 1.807) is 6.92 Å². The summed E-state index contributed by atoms with van der Waals surface area (Å²) >= 11 is 0. The first kappa shape index (κ1) is 10.3. The molecule has 0 amide bonds.